The molecule has 0 bridgehead atoms. The van der Waals surface area contributed by atoms with E-state index in [4.69, 9.17) is 4.74 Å². The molecule has 0 amide bonds. The van der Waals surface area contributed by atoms with Crippen LogP contribution in [0.4, 0.5) is 10.1 Å². The fourth-order valence-corrected chi connectivity index (χ4v) is 1.99. The number of rotatable bonds is 2. The normalized spacial score (nSPS) is 21.0. The molecule has 2 nitrogen and oxygen atoms in total. The zero-order chi connectivity index (χ0) is 10.8. The summed E-state index contributed by atoms with van der Waals surface area (Å²) in [5.74, 6) is -0.159. The Hall–Kier alpha value is -0.360. The van der Waals surface area contributed by atoms with Crippen LogP contribution in [-0.2, 0) is 4.74 Å². The van der Waals surface area contributed by atoms with Crippen LogP contribution >= 0.6 is 22.6 Å². The van der Waals surface area contributed by atoms with Crippen LogP contribution in [0.3, 0.4) is 0 Å². The number of anilines is 1. The average Bonchev–Trinajstić information content (AvgIpc) is 2.70. The van der Waals surface area contributed by atoms with Crippen molar-refractivity contribution in [2.75, 3.05) is 18.2 Å². The van der Waals surface area contributed by atoms with E-state index in [2.05, 4.69) is 11.8 Å². The highest BCUT2D eigenvalue weighted by Crippen LogP contribution is 2.23. The minimum Gasteiger partial charge on any atom is -0.356 e. The second kappa shape index (κ2) is 4.65. The molecule has 1 saturated heterocycles. The number of benzene rings is 1. The maximum Gasteiger partial charge on any atom is 0.138 e. The van der Waals surface area contributed by atoms with E-state index in [-0.39, 0.29) is 11.9 Å². The van der Waals surface area contributed by atoms with Gasteiger partial charge < -0.3 is 9.64 Å². The molecule has 4 heteroatoms. The first kappa shape index (κ1) is 11.1. The van der Waals surface area contributed by atoms with Crippen molar-refractivity contribution in [1.82, 2.24) is 0 Å². The van der Waals surface area contributed by atoms with E-state index in [1.165, 1.54) is 0 Å². The summed E-state index contributed by atoms with van der Waals surface area (Å²) in [6, 6.07) is 5.31. The zero-order valence-electron chi connectivity index (χ0n) is 8.54. The highest BCUT2D eigenvalue weighted by atomic mass is 127. The van der Waals surface area contributed by atoms with Gasteiger partial charge in [0, 0.05) is 15.8 Å². The van der Waals surface area contributed by atoms with Crippen LogP contribution < -0.4 is 4.90 Å². The third kappa shape index (κ3) is 2.42. The molecule has 1 atom stereocenters. The summed E-state index contributed by atoms with van der Waals surface area (Å²) in [6.07, 6.45) is 1.29. The SMILES string of the molecule is CC[C@H]1CN(c2ccc(I)c(F)c2)CO1. The monoisotopic (exact) mass is 321 g/mol. The average molecular weight is 321 g/mol. The molecule has 0 aromatic heterocycles. The highest BCUT2D eigenvalue weighted by molar-refractivity contribution is 14.1. The zero-order valence-corrected chi connectivity index (χ0v) is 10.7. The molecule has 1 aromatic rings. The summed E-state index contributed by atoms with van der Waals surface area (Å²) in [5, 5.41) is 0. The van der Waals surface area contributed by atoms with Gasteiger partial charge in [0.2, 0.25) is 0 Å². The van der Waals surface area contributed by atoms with E-state index in [0.717, 1.165) is 18.7 Å². The Balaban J connectivity index is 2.13. The molecule has 0 saturated carbocycles. The topological polar surface area (TPSA) is 12.5 Å². The van der Waals surface area contributed by atoms with Crippen LogP contribution in [0.25, 0.3) is 0 Å². The second-order valence-corrected chi connectivity index (χ2v) is 4.81. The lowest BCUT2D eigenvalue weighted by Gasteiger charge is -2.16. The summed E-state index contributed by atoms with van der Waals surface area (Å²) in [6.45, 7) is 3.53. The van der Waals surface area contributed by atoms with Gasteiger partial charge in [-0.3, -0.25) is 0 Å². The molecular formula is C11H13FINO. The summed E-state index contributed by atoms with van der Waals surface area (Å²) < 4.78 is 19.5. The summed E-state index contributed by atoms with van der Waals surface area (Å²) in [5.41, 5.74) is 0.906. The van der Waals surface area contributed by atoms with Gasteiger partial charge in [-0.1, -0.05) is 6.92 Å². The molecule has 82 valence electrons. The van der Waals surface area contributed by atoms with Gasteiger partial charge in [-0.05, 0) is 47.2 Å². The van der Waals surface area contributed by atoms with Gasteiger partial charge in [-0.25, -0.2) is 4.39 Å². The van der Waals surface area contributed by atoms with Crippen molar-refractivity contribution in [2.24, 2.45) is 0 Å². The number of nitrogens with zero attached hydrogens (tertiary/aromatic N) is 1. The lowest BCUT2D eigenvalue weighted by molar-refractivity contribution is 0.113. The predicted molar refractivity (Wildman–Crippen MR) is 66.5 cm³/mol. The van der Waals surface area contributed by atoms with E-state index in [0.29, 0.717) is 10.3 Å². The summed E-state index contributed by atoms with van der Waals surface area (Å²) in [4.78, 5) is 2.06. The van der Waals surface area contributed by atoms with Gasteiger partial charge in [0.1, 0.15) is 12.5 Å². The summed E-state index contributed by atoms with van der Waals surface area (Å²) >= 11 is 1.99. The Morgan fingerprint density at radius 3 is 3.00 bits per heavy atom. The van der Waals surface area contributed by atoms with Crippen LogP contribution in [-0.4, -0.2) is 19.4 Å². The van der Waals surface area contributed by atoms with Gasteiger partial charge >= 0.3 is 0 Å². The van der Waals surface area contributed by atoms with Crippen LogP contribution in [0.5, 0.6) is 0 Å². The van der Waals surface area contributed by atoms with Gasteiger partial charge in [-0.2, -0.15) is 0 Å². The summed E-state index contributed by atoms with van der Waals surface area (Å²) in [7, 11) is 0. The molecule has 1 fully saturated rings. The second-order valence-electron chi connectivity index (χ2n) is 3.65. The maximum absolute atomic E-state index is 13.3. The first-order chi connectivity index (χ1) is 7.20. The van der Waals surface area contributed by atoms with Crippen molar-refractivity contribution in [3.63, 3.8) is 0 Å². The van der Waals surface area contributed by atoms with Crippen molar-refractivity contribution in [3.05, 3.63) is 27.6 Å². The Labute approximate surface area is 103 Å². The Morgan fingerprint density at radius 2 is 2.40 bits per heavy atom. The van der Waals surface area contributed by atoms with Crippen LogP contribution in [0.2, 0.25) is 0 Å². The molecule has 1 aliphatic heterocycles. The van der Waals surface area contributed by atoms with Gasteiger partial charge in [0.25, 0.3) is 0 Å². The number of ether oxygens (including phenoxy) is 1. The predicted octanol–water partition coefficient (Wildman–Crippen LogP) is 3.00. The molecule has 0 N–H and O–H groups in total. The molecule has 0 radical (unpaired) electrons. The Bertz CT molecular complexity index is 358. The number of hydrogen-bond donors (Lipinski definition) is 0. The maximum atomic E-state index is 13.3. The van der Waals surface area contributed by atoms with E-state index >= 15 is 0 Å². The molecular weight excluding hydrogens is 308 g/mol. The quantitative estimate of drug-likeness (QED) is 0.777. The minimum absolute atomic E-state index is 0.159. The van der Waals surface area contributed by atoms with E-state index < -0.39 is 0 Å². The van der Waals surface area contributed by atoms with E-state index in [1.54, 1.807) is 12.1 Å². The van der Waals surface area contributed by atoms with Crippen molar-refractivity contribution in [3.8, 4) is 0 Å². The molecule has 1 aliphatic rings. The first-order valence-electron chi connectivity index (χ1n) is 5.02. The van der Waals surface area contributed by atoms with Crippen LogP contribution in [0.15, 0.2) is 18.2 Å². The van der Waals surface area contributed by atoms with Gasteiger partial charge in [-0.15, -0.1) is 0 Å². The van der Waals surface area contributed by atoms with Crippen molar-refractivity contribution >= 4 is 28.3 Å². The van der Waals surface area contributed by atoms with Gasteiger partial charge in [0.15, 0.2) is 0 Å². The number of halogens is 2. The van der Waals surface area contributed by atoms with Crippen LogP contribution in [0.1, 0.15) is 13.3 Å². The molecule has 15 heavy (non-hydrogen) atoms. The fraction of sp³-hybridized carbons (Fsp3) is 0.455. The molecule has 0 aliphatic carbocycles. The van der Waals surface area contributed by atoms with Crippen LogP contribution in [0, 0.1) is 9.39 Å². The largest absolute Gasteiger partial charge is 0.356 e. The molecule has 1 heterocycles. The lowest BCUT2D eigenvalue weighted by atomic mass is 10.2. The molecule has 1 aromatic carbocycles. The molecule has 0 spiro atoms. The van der Waals surface area contributed by atoms with Crippen molar-refractivity contribution in [2.45, 2.75) is 19.4 Å². The minimum atomic E-state index is -0.159. The molecule has 0 unspecified atom stereocenters. The van der Waals surface area contributed by atoms with E-state index in [1.807, 2.05) is 28.7 Å². The lowest BCUT2D eigenvalue weighted by Crippen LogP contribution is -2.21. The third-order valence-electron chi connectivity index (χ3n) is 2.61. The Kier molecular flexibility index (Phi) is 3.45. The van der Waals surface area contributed by atoms with Gasteiger partial charge in [0.05, 0.1) is 6.10 Å². The first-order valence-corrected chi connectivity index (χ1v) is 6.10. The third-order valence-corrected chi connectivity index (χ3v) is 3.49. The van der Waals surface area contributed by atoms with E-state index in [9.17, 15) is 4.39 Å². The number of hydrogen-bond acceptors (Lipinski definition) is 2. The fourth-order valence-electron chi connectivity index (χ4n) is 1.66. The van der Waals surface area contributed by atoms with Crippen molar-refractivity contribution in [1.29, 1.82) is 0 Å². The Morgan fingerprint density at radius 1 is 1.60 bits per heavy atom. The highest BCUT2D eigenvalue weighted by Gasteiger charge is 2.22. The van der Waals surface area contributed by atoms with Crippen molar-refractivity contribution < 1.29 is 9.13 Å². The smallest absolute Gasteiger partial charge is 0.138 e. The standard InChI is InChI=1S/C11H13FINO/c1-2-9-6-14(7-15-9)8-3-4-11(13)10(12)5-8/h3-5,9H,2,6-7H2,1H3/t9-/m0/s1. The molecule has 2 rings (SSSR count).